The molecule has 8 heteroatoms. The smallest absolute Gasteiger partial charge is 0.261 e. The van der Waals surface area contributed by atoms with Crippen LogP contribution in [0.4, 0.5) is 5.69 Å². The molecule has 2 N–H and O–H groups in total. The van der Waals surface area contributed by atoms with Gasteiger partial charge in [-0.15, -0.1) is 0 Å². The molecule has 0 aromatic heterocycles. The van der Waals surface area contributed by atoms with Gasteiger partial charge in [0.15, 0.2) is 0 Å². The van der Waals surface area contributed by atoms with Gasteiger partial charge in [-0.1, -0.05) is 23.2 Å². The number of rotatable bonds is 4. The number of benzene rings is 2. The number of hydrogen-bond acceptors (Lipinski definition) is 3. The number of anilines is 1. The van der Waals surface area contributed by atoms with E-state index in [-0.39, 0.29) is 16.1 Å². The van der Waals surface area contributed by atoms with E-state index in [1.807, 2.05) is 0 Å². The van der Waals surface area contributed by atoms with Crippen molar-refractivity contribution in [2.75, 3.05) is 11.8 Å². The molecule has 0 radical (unpaired) electrons. The molecule has 0 bridgehead atoms. The van der Waals surface area contributed by atoms with Gasteiger partial charge in [-0.05, 0) is 42.5 Å². The third-order valence-electron chi connectivity index (χ3n) is 2.82. The predicted molar refractivity (Wildman–Crippen MR) is 87.1 cm³/mol. The molecule has 116 valence electrons. The molecule has 0 aliphatic carbocycles. The Morgan fingerprint density at radius 3 is 2.18 bits per heavy atom. The molecule has 2 aromatic rings. The largest absolute Gasteiger partial charge is 0.355 e. The van der Waals surface area contributed by atoms with Gasteiger partial charge < -0.3 is 5.32 Å². The Bertz CT molecular complexity index is 805. The van der Waals surface area contributed by atoms with E-state index in [1.165, 1.54) is 49.5 Å². The van der Waals surface area contributed by atoms with E-state index in [4.69, 9.17) is 23.2 Å². The molecule has 0 saturated carbocycles. The first-order valence-electron chi connectivity index (χ1n) is 6.13. The molecule has 2 rings (SSSR count). The van der Waals surface area contributed by atoms with E-state index >= 15 is 0 Å². The Morgan fingerprint density at radius 2 is 1.59 bits per heavy atom. The van der Waals surface area contributed by atoms with Crippen LogP contribution in [0.5, 0.6) is 0 Å². The van der Waals surface area contributed by atoms with Gasteiger partial charge in [-0.3, -0.25) is 9.52 Å². The number of carbonyl (C=O) groups excluding carboxylic acids is 1. The van der Waals surface area contributed by atoms with Crippen molar-refractivity contribution in [2.45, 2.75) is 4.90 Å². The average Bonchev–Trinajstić information content (AvgIpc) is 2.48. The van der Waals surface area contributed by atoms with E-state index in [1.54, 1.807) is 0 Å². The summed E-state index contributed by atoms with van der Waals surface area (Å²) in [6.07, 6.45) is 0. The van der Waals surface area contributed by atoms with Crippen LogP contribution in [-0.2, 0) is 10.0 Å². The molecule has 0 heterocycles. The Kier molecular flexibility index (Phi) is 4.95. The maximum atomic E-state index is 12.3. The zero-order valence-corrected chi connectivity index (χ0v) is 13.8. The molecule has 5 nitrogen and oxygen atoms in total. The van der Waals surface area contributed by atoms with Crippen molar-refractivity contribution in [2.24, 2.45) is 0 Å². The van der Waals surface area contributed by atoms with Gasteiger partial charge in [0, 0.05) is 17.1 Å². The quantitative estimate of drug-likeness (QED) is 0.881. The van der Waals surface area contributed by atoms with Crippen molar-refractivity contribution < 1.29 is 13.2 Å². The van der Waals surface area contributed by atoms with Crippen LogP contribution in [0.1, 0.15) is 10.4 Å². The summed E-state index contributed by atoms with van der Waals surface area (Å²) < 4.78 is 27.1. The Labute approximate surface area is 138 Å². The summed E-state index contributed by atoms with van der Waals surface area (Å²) in [6, 6.07) is 10.0. The van der Waals surface area contributed by atoms with Crippen LogP contribution in [-0.4, -0.2) is 21.4 Å². The lowest BCUT2D eigenvalue weighted by atomic mass is 10.2. The van der Waals surface area contributed by atoms with Crippen molar-refractivity contribution in [1.82, 2.24) is 5.32 Å². The summed E-state index contributed by atoms with van der Waals surface area (Å²) in [4.78, 5) is 11.9. The standard InChI is InChI=1S/C14H12Cl2N2O3S/c1-17-14(19)12-8-10(16)4-7-13(12)18-22(20,21)11-5-2-9(15)3-6-11/h2-8,18H,1H3,(H,17,19). The van der Waals surface area contributed by atoms with Crippen LogP contribution < -0.4 is 10.0 Å². The highest BCUT2D eigenvalue weighted by Gasteiger charge is 2.18. The fourth-order valence-electron chi connectivity index (χ4n) is 1.75. The Morgan fingerprint density at radius 1 is 1.00 bits per heavy atom. The van der Waals surface area contributed by atoms with E-state index in [0.29, 0.717) is 10.0 Å². The molecular weight excluding hydrogens is 347 g/mol. The first-order chi connectivity index (χ1) is 10.3. The maximum absolute atomic E-state index is 12.3. The van der Waals surface area contributed by atoms with Crippen LogP contribution in [0.2, 0.25) is 10.0 Å². The van der Waals surface area contributed by atoms with E-state index in [2.05, 4.69) is 10.0 Å². The number of nitrogens with one attached hydrogen (secondary N) is 2. The molecule has 0 fully saturated rings. The third-order valence-corrected chi connectivity index (χ3v) is 4.69. The monoisotopic (exact) mass is 358 g/mol. The van der Waals surface area contributed by atoms with Crippen LogP contribution >= 0.6 is 23.2 Å². The molecular formula is C14H12Cl2N2O3S. The van der Waals surface area contributed by atoms with E-state index < -0.39 is 15.9 Å². The van der Waals surface area contributed by atoms with Crippen molar-refractivity contribution >= 4 is 44.8 Å². The molecule has 0 aliphatic rings. The normalized spacial score (nSPS) is 11.0. The second-order valence-electron chi connectivity index (χ2n) is 4.33. The van der Waals surface area contributed by atoms with Gasteiger partial charge in [0.05, 0.1) is 16.1 Å². The molecule has 0 aliphatic heterocycles. The highest BCUT2D eigenvalue weighted by Crippen LogP contribution is 2.24. The zero-order chi connectivity index (χ0) is 16.3. The molecule has 1 amide bonds. The molecule has 0 spiro atoms. The Hall–Kier alpha value is -1.76. The predicted octanol–water partition coefficient (Wildman–Crippen LogP) is 3.15. The molecule has 0 unspecified atom stereocenters. The van der Waals surface area contributed by atoms with Gasteiger partial charge in [0.2, 0.25) is 0 Å². The first-order valence-corrected chi connectivity index (χ1v) is 8.37. The molecule has 0 atom stereocenters. The van der Waals surface area contributed by atoms with E-state index in [0.717, 1.165) is 0 Å². The second-order valence-corrected chi connectivity index (χ2v) is 6.88. The summed E-state index contributed by atoms with van der Waals surface area (Å²) >= 11 is 11.6. The number of carbonyl (C=O) groups is 1. The summed E-state index contributed by atoms with van der Waals surface area (Å²) in [7, 11) is -2.39. The Balaban J connectivity index is 2.41. The lowest BCUT2D eigenvalue weighted by molar-refractivity contribution is 0.0964. The highest BCUT2D eigenvalue weighted by atomic mass is 35.5. The number of sulfonamides is 1. The SMILES string of the molecule is CNC(=O)c1cc(Cl)ccc1NS(=O)(=O)c1ccc(Cl)cc1. The third kappa shape index (κ3) is 3.71. The fourth-order valence-corrected chi connectivity index (χ4v) is 3.12. The lowest BCUT2D eigenvalue weighted by Crippen LogP contribution is -2.21. The van der Waals surface area contributed by atoms with E-state index in [9.17, 15) is 13.2 Å². The summed E-state index contributed by atoms with van der Waals surface area (Å²) in [5.41, 5.74) is 0.270. The highest BCUT2D eigenvalue weighted by molar-refractivity contribution is 7.92. The molecule has 0 saturated heterocycles. The first kappa shape index (κ1) is 16.6. The minimum Gasteiger partial charge on any atom is -0.355 e. The van der Waals surface area contributed by atoms with Crippen molar-refractivity contribution in [1.29, 1.82) is 0 Å². The minimum atomic E-state index is -3.84. The van der Waals surface area contributed by atoms with Gasteiger partial charge >= 0.3 is 0 Å². The number of amides is 1. The van der Waals surface area contributed by atoms with Crippen LogP contribution in [0.3, 0.4) is 0 Å². The van der Waals surface area contributed by atoms with Crippen LogP contribution in [0.25, 0.3) is 0 Å². The van der Waals surface area contributed by atoms with Gasteiger partial charge in [0.1, 0.15) is 0 Å². The lowest BCUT2D eigenvalue weighted by Gasteiger charge is -2.12. The minimum absolute atomic E-state index is 0.0368. The summed E-state index contributed by atoms with van der Waals surface area (Å²) in [5, 5.41) is 3.19. The summed E-state index contributed by atoms with van der Waals surface area (Å²) in [6.45, 7) is 0. The number of hydrogen-bond donors (Lipinski definition) is 2. The van der Waals surface area contributed by atoms with Crippen molar-refractivity contribution in [3.63, 3.8) is 0 Å². The van der Waals surface area contributed by atoms with Crippen LogP contribution in [0, 0.1) is 0 Å². The maximum Gasteiger partial charge on any atom is 0.261 e. The fraction of sp³-hybridized carbons (Fsp3) is 0.0714. The average molecular weight is 359 g/mol. The zero-order valence-electron chi connectivity index (χ0n) is 11.4. The van der Waals surface area contributed by atoms with Crippen molar-refractivity contribution in [3.05, 3.63) is 58.1 Å². The van der Waals surface area contributed by atoms with Crippen LogP contribution in [0.15, 0.2) is 47.4 Å². The summed E-state index contributed by atoms with van der Waals surface area (Å²) in [5.74, 6) is -0.448. The topological polar surface area (TPSA) is 75.3 Å². The van der Waals surface area contributed by atoms with Gasteiger partial charge in [-0.25, -0.2) is 8.42 Å². The van der Waals surface area contributed by atoms with Crippen molar-refractivity contribution in [3.8, 4) is 0 Å². The molecule has 2 aromatic carbocycles. The second kappa shape index (κ2) is 6.56. The van der Waals surface area contributed by atoms with Gasteiger partial charge in [0.25, 0.3) is 15.9 Å². The molecule has 22 heavy (non-hydrogen) atoms. The number of halogens is 2. The van der Waals surface area contributed by atoms with Gasteiger partial charge in [-0.2, -0.15) is 0 Å².